The Kier molecular flexibility index (Phi) is 7.23. The molecule has 0 aliphatic carbocycles. The van der Waals surface area contributed by atoms with E-state index in [-0.39, 0.29) is 0 Å². The Morgan fingerprint density at radius 3 is 1.31 bits per heavy atom. The van der Waals surface area contributed by atoms with Crippen molar-refractivity contribution in [1.29, 1.82) is 0 Å². The smallest absolute Gasteiger partial charge is 0.0811 e. The summed E-state index contributed by atoms with van der Waals surface area (Å²) in [5, 5.41) is 9.14. The van der Waals surface area contributed by atoms with Gasteiger partial charge in [0.25, 0.3) is 0 Å². The number of fused-ring (bicyclic) bond motifs is 2. The molecule has 9 rings (SSSR count). The first-order valence-corrected chi connectivity index (χ1v) is 17.8. The van der Waals surface area contributed by atoms with Gasteiger partial charge in [0.1, 0.15) is 0 Å². The van der Waals surface area contributed by atoms with Gasteiger partial charge < -0.3 is 0 Å². The first-order chi connectivity index (χ1) is 23.8. The van der Waals surface area contributed by atoms with E-state index in [1.165, 1.54) is 66.1 Å². The molecule has 48 heavy (non-hydrogen) atoms. The first-order valence-electron chi connectivity index (χ1n) is 15.9. The molecule has 0 N–H and O–H groups in total. The fourth-order valence-electron chi connectivity index (χ4n) is 6.81. The lowest BCUT2D eigenvalue weighted by Gasteiger charge is -2.19. The Labute approximate surface area is 287 Å². The molecule has 0 saturated carbocycles. The number of rotatable bonds is 6. The van der Waals surface area contributed by atoms with E-state index >= 15 is 0 Å². The molecular formula is C44H28N2S2. The van der Waals surface area contributed by atoms with Crippen molar-refractivity contribution in [3.8, 4) is 67.0 Å². The lowest BCUT2D eigenvalue weighted by atomic mass is 9.84. The summed E-state index contributed by atoms with van der Waals surface area (Å²) in [5.74, 6) is 0. The number of nitrogens with zero attached hydrogens (tertiary/aromatic N) is 2. The fourth-order valence-corrected chi connectivity index (χ4v) is 7.94. The molecule has 2 heterocycles. The standard InChI is InChI=1S/C44H28N2S2/c1-2-7-29(8-3-1)34-9-6-10-35(23-34)36-21-22-39-40(24-36)44(33-19-15-31(16-20-33)42-26-48-28-46-42)38-12-5-4-11-37(38)43(39)32-17-13-30(14-18-32)41-25-47-27-45-41/h1-28H. The topological polar surface area (TPSA) is 25.8 Å². The average Bonchev–Trinajstić information content (AvgIpc) is 3.91. The first kappa shape index (κ1) is 28.5. The fraction of sp³-hybridized carbons (Fsp3) is 0. The molecule has 4 heteroatoms. The van der Waals surface area contributed by atoms with Crippen molar-refractivity contribution >= 4 is 44.2 Å². The van der Waals surface area contributed by atoms with Gasteiger partial charge in [-0.05, 0) is 78.2 Å². The molecule has 226 valence electrons. The van der Waals surface area contributed by atoms with Crippen molar-refractivity contribution in [1.82, 2.24) is 9.97 Å². The summed E-state index contributed by atoms with van der Waals surface area (Å²) in [6.07, 6.45) is 0. The molecule has 0 bridgehead atoms. The summed E-state index contributed by atoms with van der Waals surface area (Å²) in [6, 6.07) is 53.1. The maximum Gasteiger partial charge on any atom is 0.0811 e. The van der Waals surface area contributed by atoms with Gasteiger partial charge in [-0.25, -0.2) is 9.97 Å². The summed E-state index contributed by atoms with van der Waals surface area (Å²) < 4.78 is 0. The third-order valence-electron chi connectivity index (χ3n) is 9.13. The van der Waals surface area contributed by atoms with Gasteiger partial charge in [-0.15, -0.1) is 22.7 Å². The van der Waals surface area contributed by atoms with Gasteiger partial charge in [-0.2, -0.15) is 0 Å². The van der Waals surface area contributed by atoms with Crippen LogP contribution in [0.3, 0.4) is 0 Å². The maximum absolute atomic E-state index is 4.55. The third-order valence-corrected chi connectivity index (χ3v) is 10.3. The van der Waals surface area contributed by atoms with Crippen LogP contribution in [0.4, 0.5) is 0 Å². The molecule has 0 aliphatic heterocycles. The van der Waals surface area contributed by atoms with Crippen LogP contribution < -0.4 is 0 Å². The van der Waals surface area contributed by atoms with Crippen molar-refractivity contribution in [2.75, 3.05) is 0 Å². The van der Waals surface area contributed by atoms with Crippen LogP contribution in [0, 0.1) is 0 Å². The minimum absolute atomic E-state index is 1.01. The minimum atomic E-state index is 1.01. The molecular weight excluding hydrogens is 621 g/mol. The highest BCUT2D eigenvalue weighted by atomic mass is 32.1. The van der Waals surface area contributed by atoms with Gasteiger partial charge in [0, 0.05) is 21.9 Å². The van der Waals surface area contributed by atoms with Gasteiger partial charge in [0.15, 0.2) is 0 Å². The second-order valence-corrected chi connectivity index (χ2v) is 13.3. The van der Waals surface area contributed by atoms with Crippen molar-refractivity contribution in [3.05, 3.63) is 167 Å². The zero-order valence-electron chi connectivity index (χ0n) is 25.9. The van der Waals surface area contributed by atoms with E-state index in [9.17, 15) is 0 Å². The van der Waals surface area contributed by atoms with Crippen LogP contribution >= 0.6 is 22.7 Å². The molecule has 0 atom stereocenters. The normalized spacial score (nSPS) is 11.3. The zero-order valence-corrected chi connectivity index (χ0v) is 27.5. The predicted molar refractivity (Wildman–Crippen MR) is 205 cm³/mol. The van der Waals surface area contributed by atoms with E-state index in [2.05, 4.69) is 166 Å². The van der Waals surface area contributed by atoms with Gasteiger partial charge in [-0.3, -0.25) is 0 Å². The second kappa shape index (κ2) is 12.2. The summed E-state index contributed by atoms with van der Waals surface area (Å²) in [6.45, 7) is 0. The van der Waals surface area contributed by atoms with Gasteiger partial charge in [-0.1, -0.05) is 133 Å². The van der Waals surface area contributed by atoms with Crippen LogP contribution in [0.15, 0.2) is 167 Å². The third kappa shape index (κ3) is 5.12. The highest BCUT2D eigenvalue weighted by molar-refractivity contribution is 7.08. The lowest BCUT2D eigenvalue weighted by molar-refractivity contribution is 1.41. The van der Waals surface area contributed by atoms with E-state index in [4.69, 9.17) is 0 Å². The summed E-state index contributed by atoms with van der Waals surface area (Å²) >= 11 is 3.25. The molecule has 0 radical (unpaired) electrons. The Bertz CT molecular complexity index is 2520. The molecule has 0 saturated heterocycles. The Balaban J connectivity index is 1.28. The molecule has 9 aromatic rings. The Hall–Kier alpha value is -5.68. The van der Waals surface area contributed by atoms with Crippen LogP contribution in [0.25, 0.3) is 88.6 Å². The molecule has 0 aliphatic rings. The number of aromatic nitrogens is 2. The SMILES string of the molecule is c1ccc(-c2cccc(-c3ccc4c(-c5ccc(-c6cscn6)cc5)c5ccccc5c(-c5ccc(-c6cscn6)cc5)c4c3)c2)cc1. The molecule has 2 aromatic heterocycles. The number of thiazole rings is 2. The van der Waals surface area contributed by atoms with Crippen molar-refractivity contribution in [3.63, 3.8) is 0 Å². The van der Waals surface area contributed by atoms with Gasteiger partial charge in [0.05, 0.1) is 22.4 Å². The van der Waals surface area contributed by atoms with E-state index in [0.29, 0.717) is 0 Å². The number of hydrogen-bond donors (Lipinski definition) is 0. The van der Waals surface area contributed by atoms with Crippen molar-refractivity contribution in [2.24, 2.45) is 0 Å². The molecule has 7 aromatic carbocycles. The highest BCUT2D eigenvalue weighted by Crippen LogP contribution is 2.45. The summed E-state index contributed by atoms with van der Waals surface area (Å²) in [4.78, 5) is 9.08. The average molecular weight is 649 g/mol. The van der Waals surface area contributed by atoms with Gasteiger partial charge in [0.2, 0.25) is 0 Å². The second-order valence-electron chi connectivity index (χ2n) is 11.9. The van der Waals surface area contributed by atoms with Crippen LogP contribution in [0.1, 0.15) is 0 Å². The Morgan fingerprint density at radius 2 is 0.750 bits per heavy atom. The number of benzene rings is 7. The van der Waals surface area contributed by atoms with Crippen molar-refractivity contribution < 1.29 is 0 Å². The monoisotopic (exact) mass is 648 g/mol. The maximum atomic E-state index is 4.55. The molecule has 0 fully saturated rings. The predicted octanol–water partition coefficient (Wildman–Crippen LogP) is 12.9. The van der Waals surface area contributed by atoms with Crippen LogP contribution in [0.5, 0.6) is 0 Å². The zero-order chi connectivity index (χ0) is 31.9. The van der Waals surface area contributed by atoms with Crippen molar-refractivity contribution in [2.45, 2.75) is 0 Å². The van der Waals surface area contributed by atoms with Crippen LogP contribution in [-0.2, 0) is 0 Å². The van der Waals surface area contributed by atoms with E-state index in [0.717, 1.165) is 22.5 Å². The molecule has 2 nitrogen and oxygen atoms in total. The quantitative estimate of drug-likeness (QED) is 0.168. The molecule has 0 amide bonds. The highest BCUT2D eigenvalue weighted by Gasteiger charge is 2.18. The van der Waals surface area contributed by atoms with Crippen LogP contribution in [0.2, 0.25) is 0 Å². The van der Waals surface area contributed by atoms with E-state index in [1.807, 2.05) is 11.0 Å². The lowest BCUT2D eigenvalue weighted by Crippen LogP contribution is -1.92. The largest absolute Gasteiger partial charge is 0.245 e. The molecule has 0 unspecified atom stereocenters. The van der Waals surface area contributed by atoms with Crippen LogP contribution in [-0.4, -0.2) is 9.97 Å². The van der Waals surface area contributed by atoms with Gasteiger partial charge >= 0.3 is 0 Å². The minimum Gasteiger partial charge on any atom is -0.245 e. The molecule has 0 spiro atoms. The number of hydrogen-bond acceptors (Lipinski definition) is 4. The Morgan fingerprint density at radius 1 is 0.312 bits per heavy atom. The summed E-state index contributed by atoms with van der Waals surface area (Å²) in [5.41, 5.74) is 17.8. The van der Waals surface area contributed by atoms with E-state index < -0.39 is 0 Å². The van der Waals surface area contributed by atoms with E-state index in [1.54, 1.807) is 22.7 Å². The summed E-state index contributed by atoms with van der Waals surface area (Å²) in [7, 11) is 0.